The quantitative estimate of drug-likeness (QED) is 0.888. The Bertz CT molecular complexity index is 560. The van der Waals surface area contributed by atoms with Gasteiger partial charge < -0.3 is 5.73 Å². The zero-order chi connectivity index (χ0) is 14.0. The fourth-order valence-corrected chi connectivity index (χ4v) is 4.03. The summed E-state index contributed by atoms with van der Waals surface area (Å²) in [6.45, 7) is 1.58. The fourth-order valence-electron chi connectivity index (χ4n) is 2.48. The van der Waals surface area contributed by atoms with Crippen molar-refractivity contribution in [1.29, 1.82) is 0 Å². The second-order valence-corrected chi connectivity index (χ2v) is 6.77. The number of rotatable bonds is 3. The Labute approximate surface area is 113 Å². The van der Waals surface area contributed by atoms with Gasteiger partial charge in [0.1, 0.15) is 5.82 Å². The van der Waals surface area contributed by atoms with Gasteiger partial charge in [0.25, 0.3) is 0 Å². The molecule has 0 aliphatic heterocycles. The van der Waals surface area contributed by atoms with Gasteiger partial charge >= 0.3 is 0 Å². The molecule has 0 heterocycles. The standard InChI is InChI=1S/C13H19FN2O2S/c1-9-8-10(14)6-7-13(9)19(17,18)16-12-5-3-2-4-11(12)15/h6-8,11-12,16H,2-5,15H2,1H3/t11-,12-/m1/s1. The van der Waals surface area contributed by atoms with Crippen molar-refractivity contribution in [1.82, 2.24) is 4.72 Å². The normalized spacial score (nSPS) is 24.4. The number of aryl methyl sites for hydroxylation is 1. The molecular weight excluding hydrogens is 267 g/mol. The van der Waals surface area contributed by atoms with Crippen LogP contribution in [0.5, 0.6) is 0 Å². The van der Waals surface area contributed by atoms with E-state index < -0.39 is 15.8 Å². The van der Waals surface area contributed by atoms with Crippen molar-refractivity contribution in [2.45, 2.75) is 49.6 Å². The molecule has 1 aliphatic rings. The lowest BCUT2D eigenvalue weighted by atomic mass is 9.92. The molecule has 1 fully saturated rings. The minimum absolute atomic E-state index is 0.117. The van der Waals surface area contributed by atoms with E-state index >= 15 is 0 Å². The summed E-state index contributed by atoms with van der Waals surface area (Å²) in [7, 11) is -3.64. The van der Waals surface area contributed by atoms with E-state index in [1.54, 1.807) is 6.92 Å². The van der Waals surface area contributed by atoms with Crippen molar-refractivity contribution in [2.75, 3.05) is 0 Å². The maximum atomic E-state index is 13.0. The number of sulfonamides is 1. The second-order valence-electron chi connectivity index (χ2n) is 5.09. The van der Waals surface area contributed by atoms with E-state index in [-0.39, 0.29) is 17.0 Å². The molecule has 0 amide bonds. The van der Waals surface area contributed by atoms with E-state index in [1.807, 2.05) is 0 Å². The highest BCUT2D eigenvalue weighted by Crippen LogP contribution is 2.21. The minimum atomic E-state index is -3.64. The first-order valence-corrected chi connectivity index (χ1v) is 7.92. The minimum Gasteiger partial charge on any atom is -0.326 e. The highest BCUT2D eigenvalue weighted by Gasteiger charge is 2.27. The largest absolute Gasteiger partial charge is 0.326 e. The number of benzene rings is 1. The van der Waals surface area contributed by atoms with Crippen molar-refractivity contribution in [3.05, 3.63) is 29.6 Å². The number of halogens is 1. The highest BCUT2D eigenvalue weighted by molar-refractivity contribution is 7.89. The Hall–Kier alpha value is -0.980. The van der Waals surface area contributed by atoms with Crippen molar-refractivity contribution in [3.63, 3.8) is 0 Å². The van der Waals surface area contributed by atoms with Crippen molar-refractivity contribution < 1.29 is 12.8 Å². The van der Waals surface area contributed by atoms with E-state index in [4.69, 9.17) is 5.73 Å². The van der Waals surface area contributed by atoms with Gasteiger partial charge in [-0.3, -0.25) is 0 Å². The zero-order valence-electron chi connectivity index (χ0n) is 10.9. The number of nitrogens with one attached hydrogen (secondary N) is 1. The third kappa shape index (κ3) is 3.32. The van der Waals surface area contributed by atoms with Gasteiger partial charge in [0.05, 0.1) is 4.90 Å². The highest BCUT2D eigenvalue weighted by atomic mass is 32.2. The predicted molar refractivity (Wildman–Crippen MR) is 71.7 cm³/mol. The summed E-state index contributed by atoms with van der Waals surface area (Å²) in [5.41, 5.74) is 6.34. The topological polar surface area (TPSA) is 72.2 Å². The summed E-state index contributed by atoms with van der Waals surface area (Å²) in [6, 6.07) is 3.28. The molecule has 1 aromatic rings. The molecule has 4 nitrogen and oxygen atoms in total. The molecule has 2 rings (SSSR count). The Morgan fingerprint density at radius 2 is 2.00 bits per heavy atom. The van der Waals surface area contributed by atoms with E-state index in [1.165, 1.54) is 12.1 Å². The molecule has 6 heteroatoms. The van der Waals surface area contributed by atoms with Gasteiger partial charge in [0, 0.05) is 12.1 Å². The molecule has 0 unspecified atom stereocenters. The fraction of sp³-hybridized carbons (Fsp3) is 0.538. The van der Waals surface area contributed by atoms with Crippen LogP contribution in [0.1, 0.15) is 31.2 Å². The molecule has 1 aromatic carbocycles. The molecule has 19 heavy (non-hydrogen) atoms. The molecule has 1 saturated carbocycles. The van der Waals surface area contributed by atoms with Crippen LogP contribution in [-0.2, 0) is 10.0 Å². The van der Waals surface area contributed by atoms with Crippen molar-refractivity contribution in [2.24, 2.45) is 5.73 Å². The monoisotopic (exact) mass is 286 g/mol. The summed E-state index contributed by atoms with van der Waals surface area (Å²) in [5.74, 6) is -0.439. The average Bonchev–Trinajstić information content (AvgIpc) is 2.31. The Balaban J connectivity index is 2.22. The van der Waals surface area contributed by atoms with Gasteiger partial charge in [-0.15, -0.1) is 0 Å². The van der Waals surface area contributed by atoms with Crippen LogP contribution in [0.3, 0.4) is 0 Å². The van der Waals surface area contributed by atoms with Gasteiger partial charge in [-0.05, 0) is 43.5 Å². The lowest BCUT2D eigenvalue weighted by molar-refractivity contribution is 0.361. The van der Waals surface area contributed by atoms with Crippen LogP contribution in [0.15, 0.2) is 23.1 Å². The first kappa shape index (κ1) is 14.4. The molecule has 1 aliphatic carbocycles. The van der Waals surface area contributed by atoms with Crippen molar-refractivity contribution in [3.8, 4) is 0 Å². The number of nitrogens with two attached hydrogens (primary N) is 1. The van der Waals surface area contributed by atoms with Crippen LogP contribution in [0.25, 0.3) is 0 Å². The van der Waals surface area contributed by atoms with Crippen LogP contribution in [-0.4, -0.2) is 20.5 Å². The number of hydrogen-bond donors (Lipinski definition) is 2. The lowest BCUT2D eigenvalue weighted by Crippen LogP contribution is -2.49. The Morgan fingerprint density at radius 3 is 2.63 bits per heavy atom. The molecule has 3 N–H and O–H groups in total. The first-order valence-electron chi connectivity index (χ1n) is 6.44. The third-order valence-corrected chi connectivity index (χ3v) is 5.20. The maximum absolute atomic E-state index is 13.0. The smallest absolute Gasteiger partial charge is 0.241 e. The van der Waals surface area contributed by atoms with E-state index in [9.17, 15) is 12.8 Å². The van der Waals surface area contributed by atoms with Crippen LogP contribution in [0.2, 0.25) is 0 Å². The zero-order valence-corrected chi connectivity index (χ0v) is 11.7. The summed E-state index contributed by atoms with van der Waals surface area (Å²) in [6.07, 6.45) is 3.59. The SMILES string of the molecule is Cc1cc(F)ccc1S(=O)(=O)N[C@@H]1CCCC[C@H]1N. The van der Waals surface area contributed by atoms with Crippen LogP contribution < -0.4 is 10.5 Å². The van der Waals surface area contributed by atoms with Crippen LogP contribution >= 0.6 is 0 Å². The van der Waals surface area contributed by atoms with E-state index in [0.29, 0.717) is 5.56 Å². The Kier molecular flexibility index (Phi) is 4.23. The molecule has 106 valence electrons. The first-order chi connectivity index (χ1) is 8.90. The summed E-state index contributed by atoms with van der Waals surface area (Å²) < 4.78 is 40.2. The molecule has 0 spiro atoms. The van der Waals surface area contributed by atoms with Gasteiger partial charge in [-0.25, -0.2) is 17.5 Å². The van der Waals surface area contributed by atoms with Crippen molar-refractivity contribution >= 4 is 10.0 Å². The van der Waals surface area contributed by atoms with Gasteiger partial charge in [0.15, 0.2) is 0 Å². The van der Waals surface area contributed by atoms with Crippen LogP contribution in [0, 0.1) is 12.7 Å². The average molecular weight is 286 g/mol. The Morgan fingerprint density at radius 1 is 1.32 bits per heavy atom. The lowest BCUT2D eigenvalue weighted by Gasteiger charge is -2.29. The maximum Gasteiger partial charge on any atom is 0.241 e. The van der Waals surface area contributed by atoms with Gasteiger partial charge in [-0.1, -0.05) is 12.8 Å². The molecule has 0 radical (unpaired) electrons. The van der Waals surface area contributed by atoms with E-state index in [0.717, 1.165) is 31.7 Å². The predicted octanol–water partition coefficient (Wildman–Crippen LogP) is 1.68. The molecule has 0 aromatic heterocycles. The third-order valence-electron chi connectivity index (χ3n) is 3.55. The summed E-state index contributed by atoms with van der Waals surface area (Å²) >= 11 is 0. The van der Waals surface area contributed by atoms with E-state index in [2.05, 4.69) is 4.72 Å². The van der Waals surface area contributed by atoms with Gasteiger partial charge in [0.2, 0.25) is 10.0 Å². The second kappa shape index (κ2) is 5.56. The molecule has 0 saturated heterocycles. The molecule has 0 bridgehead atoms. The summed E-state index contributed by atoms with van der Waals surface area (Å²) in [5, 5.41) is 0. The number of hydrogen-bond acceptors (Lipinski definition) is 3. The molecule has 2 atom stereocenters. The van der Waals surface area contributed by atoms with Gasteiger partial charge in [-0.2, -0.15) is 0 Å². The summed E-state index contributed by atoms with van der Waals surface area (Å²) in [4.78, 5) is 0.117. The van der Waals surface area contributed by atoms with Crippen LogP contribution in [0.4, 0.5) is 4.39 Å². The molecular formula is C13H19FN2O2S.